The largest absolute Gasteiger partial charge is 0.471 e. The molecule has 0 saturated heterocycles. The number of amides is 1. The predicted octanol–water partition coefficient (Wildman–Crippen LogP) is 3.79. The number of ether oxygens (including phenoxy) is 1. The van der Waals surface area contributed by atoms with Crippen LogP contribution in [0.3, 0.4) is 0 Å². The van der Waals surface area contributed by atoms with Gasteiger partial charge in [-0.25, -0.2) is 4.79 Å². The lowest BCUT2D eigenvalue weighted by Gasteiger charge is -2.24. The van der Waals surface area contributed by atoms with Gasteiger partial charge in [0.05, 0.1) is 24.1 Å². The maximum Gasteiger partial charge on any atom is 0.471 e. The molecule has 0 unspecified atom stereocenters. The summed E-state index contributed by atoms with van der Waals surface area (Å²) in [7, 11) is 1.18. The molecular weight excluding hydrogens is 381 g/mol. The van der Waals surface area contributed by atoms with Crippen LogP contribution in [0, 0.1) is 17.0 Å². The summed E-state index contributed by atoms with van der Waals surface area (Å²) in [5.41, 5.74) is -0.238. The molecule has 0 aliphatic carbocycles. The van der Waals surface area contributed by atoms with Crippen LogP contribution in [0.4, 0.5) is 24.5 Å². The number of rotatable bonds is 5. The number of anilines is 1. The van der Waals surface area contributed by atoms with Gasteiger partial charge in [-0.15, -0.1) is 0 Å². The van der Waals surface area contributed by atoms with Gasteiger partial charge in [0.2, 0.25) is 0 Å². The van der Waals surface area contributed by atoms with Crippen molar-refractivity contribution in [2.24, 2.45) is 0 Å². The number of benzene rings is 2. The zero-order valence-electron chi connectivity index (χ0n) is 14.8. The number of hydrogen-bond donors (Lipinski definition) is 0. The monoisotopic (exact) mass is 396 g/mol. The molecule has 0 spiro atoms. The van der Waals surface area contributed by atoms with Crippen LogP contribution in [-0.4, -0.2) is 30.1 Å². The minimum atomic E-state index is -5.23. The van der Waals surface area contributed by atoms with Crippen LogP contribution in [0.25, 0.3) is 0 Å². The first-order valence-electron chi connectivity index (χ1n) is 7.85. The first-order valence-corrected chi connectivity index (χ1v) is 7.85. The maximum atomic E-state index is 13.1. The van der Waals surface area contributed by atoms with Gasteiger partial charge in [0.25, 0.3) is 5.69 Å². The number of nitrogens with zero attached hydrogens (tertiary/aromatic N) is 2. The van der Waals surface area contributed by atoms with E-state index in [1.165, 1.54) is 44.4 Å². The highest BCUT2D eigenvalue weighted by atomic mass is 19.4. The van der Waals surface area contributed by atoms with Gasteiger partial charge in [0, 0.05) is 6.07 Å². The number of nitro groups is 1. The van der Waals surface area contributed by atoms with Crippen molar-refractivity contribution in [2.45, 2.75) is 19.6 Å². The number of esters is 1. The van der Waals surface area contributed by atoms with Crippen LogP contribution in [0.15, 0.2) is 42.5 Å². The SMILES string of the molecule is COC(=O)c1ccc(CN(C(=O)C(F)(F)F)c2ccc(C)cc2[N+](=O)[O-])cc1. The molecule has 0 aliphatic rings. The number of methoxy groups -OCH3 is 1. The van der Waals surface area contributed by atoms with Crippen molar-refractivity contribution in [2.75, 3.05) is 12.0 Å². The number of nitro benzene ring substituents is 1. The predicted molar refractivity (Wildman–Crippen MR) is 92.9 cm³/mol. The standard InChI is InChI=1S/C18H15F3N2O5/c1-11-3-8-14(15(9-11)23(26)27)22(17(25)18(19,20)21)10-12-4-6-13(7-5-12)16(24)28-2/h3-9H,10H2,1-2H3. The Morgan fingerprint density at radius 2 is 1.75 bits per heavy atom. The third-order valence-corrected chi connectivity index (χ3v) is 3.82. The second kappa shape index (κ2) is 8.07. The highest BCUT2D eigenvalue weighted by Crippen LogP contribution is 2.33. The van der Waals surface area contributed by atoms with Crippen molar-refractivity contribution >= 4 is 23.3 Å². The molecule has 28 heavy (non-hydrogen) atoms. The molecule has 7 nitrogen and oxygen atoms in total. The van der Waals surface area contributed by atoms with Gasteiger partial charge in [-0.2, -0.15) is 13.2 Å². The van der Waals surface area contributed by atoms with Crippen LogP contribution in [-0.2, 0) is 16.1 Å². The molecule has 0 aromatic heterocycles. The molecule has 0 aliphatic heterocycles. The van der Waals surface area contributed by atoms with E-state index in [9.17, 15) is 32.9 Å². The average molecular weight is 396 g/mol. The molecule has 148 valence electrons. The fourth-order valence-corrected chi connectivity index (χ4v) is 2.47. The highest BCUT2D eigenvalue weighted by molar-refractivity contribution is 5.99. The molecule has 0 saturated carbocycles. The van der Waals surface area contributed by atoms with E-state index in [0.29, 0.717) is 10.5 Å². The molecule has 2 rings (SSSR count). The fraction of sp³-hybridized carbons (Fsp3) is 0.222. The number of halogens is 3. The Bertz CT molecular complexity index is 910. The summed E-state index contributed by atoms with van der Waals surface area (Å²) in [4.78, 5) is 34.1. The second-order valence-corrected chi connectivity index (χ2v) is 5.83. The summed E-state index contributed by atoms with van der Waals surface area (Å²) in [5, 5.41) is 11.3. The first kappa shape index (κ1) is 20.9. The Hall–Kier alpha value is -3.43. The molecule has 2 aromatic carbocycles. The molecular formula is C18H15F3N2O5. The van der Waals surface area contributed by atoms with Gasteiger partial charge >= 0.3 is 18.1 Å². The molecule has 2 aromatic rings. The smallest absolute Gasteiger partial charge is 0.465 e. The summed E-state index contributed by atoms with van der Waals surface area (Å²) >= 11 is 0. The average Bonchev–Trinajstić information content (AvgIpc) is 2.64. The van der Waals surface area contributed by atoms with Gasteiger partial charge in [0.1, 0.15) is 5.69 Å². The Labute approximate surface area is 157 Å². The van der Waals surface area contributed by atoms with E-state index < -0.39 is 40.9 Å². The van der Waals surface area contributed by atoms with Crippen LogP contribution < -0.4 is 4.90 Å². The Balaban J connectivity index is 2.49. The molecule has 0 fully saturated rings. The maximum absolute atomic E-state index is 13.1. The van der Waals surface area contributed by atoms with Crippen LogP contribution in [0.1, 0.15) is 21.5 Å². The van der Waals surface area contributed by atoms with Crippen molar-refractivity contribution < 1.29 is 32.4 Å². The number of carbonyl (C=O) groups is 2. The van der Waals surface area contributed by atoms with Crippen LogP contribution in [0.2, 0.25) is 0 Å². The van der Waals surface area contributed by atoms with E-state index >= 15 is 0 Å². The summed E-state index contributed by atoms with van der Waals surface area (Å²) in [5.74, 6) is -2.87. The number of aryl methyl sites for hydroxylation is 1. The van der Waals surface area contributed by atoms with Gasteiger partial charge in [-0.3, -0.25) is 19.8 Å². The lowest BCUT2D eigenvalue weighted by atomic mass is 10.1. The van der Waals surface area contributed by atoms with Gasteiger partial charge in [-0.05, 0) is 36.2 Å². The number of carbonyl (C=O) groups excluding carboxylic acids is 2. The molecule has 0 bridgehead atoms. The van der Waals surface area contributed by atoms with Crippen LogP contribution >= 0.6 is 0 Å². The van der Waals surface area contributed by atoms with Gasteiger partial charge in [0.15, 0.2) is 0 Å². The van der Waals surface area contributed by atoms with Gasteiger partial charge < -0.3 is 4.74 Å². The zero-order chi connectivity index (χ0) is 21.1. The molecule has 1 amide bonds. The van der Waals surface area contributed by atoms with Crippen molar-refractivity contribution in [1.29, 1.82) is 0 Å². The Kier molecular flexibility index (Phi) is 6.02. The van der Waals surface area contributed by atoms with Crippen molar-refractivity contribution in [3.05, 3.63) is 69.3 Å². The zero-order valence-corrected chi connectivity index (χ0v) is 14.8. The lowest BCUT2D eigenvalue weighted by molar-refractivity contribution is -0.384. The quantitative estimate of drug-likeness (QED) is 0.436. The molecule has 0 atom stereocenters. The summed E-state index contributed by atoms with van der Waals surface area (Å²) in [6, 6.07) is 8.87. The van der Waals surface area contributed by atoms with Crippen LogP contribution in [0.5, 0.6) is 0 Å². The molecule has 0 heterocycles. The number of hydrogen-bond acceptors (Lipinski definition) is 5. The second-order valence-electron chi connectivity index (χ2n) is 5.83. The first-order chi connectivity index (χ1) is 13.0. The topological polar surface area (TPSA) is 89.8 Å². The van der Waals surface area contributed by atoms with E-state index in [-0.39, 0.29) is 11.1 Å². The molecule has 0 N–H and O–H groups in total. The van der Waals surface area contributed by atoms with E-state index in [1.807, 2.05) is 0 Å². The summed E-state index contributed by atoms with van der Waals surface area (Å²) < 4.78 is 43.8. The normalized spacial score (nSPS) is 11.0. The Morgan fingerprint density at radius 3 is 2.25 bits per heavy atom. The van der Waals surface area contributed by atoms with E-state index in [2.05, 4.69) is 4.74 Å². The van der Waals surface area contributed by atoms with Crippen molar-refractivity contribution in [1.82, 2.24) is 0 Å². The van der Waals surface area contributed by atoms with Crippen molar-refractivity contribution in [3.8, 4) is 0 Å². The fourth-order valence-electron chi connectivity index (χ4n) is 2.47. The minimum Gasteiger partial charge on any atom is -0.465 e. The Morgan fingerprint density at radius 1 is 1.14 bits per heavy atom. The minimum absolute atomic E-state index is 0.168. The van der Waals surface area contributed by atoms with Gasteiger partial charge in [-0.1, -0.05) is 18.2 Å². The third kappa shape index (κ3) is 4.64. The highest BCUT2D eigenvalue weighted by Gasteiger charge is 2.44. The summed E-state index contributed by atoms with van der Waals surface area (Å²) in [6.45, 7) is 0.960. The van der Waals surface area contributed by atoms with Crippen molar-refractivity contribution in [3.63, 3.8) is 0 Å². The lowest BCUT2D eigenvalue weighted by Crippen LogP contribution is -2.41. The van der Waals surface area contributed by atoms with E-state index in [0.717, 1.165) is 12.1 Å². The summed E-state index contributed by atoms with van der Waals surface area (Å²) in [6.07, 6.45) is -5.23. The van der Waals surface area contributed by atoms with E-state index in [4.69, 9.17) is 0 Å². The number of alkyl halides is 3. The molecule has 10 heteroatoms. The van der Waals surface area contributed by atoms with E-state index in [1.54, 1.807) is 0 Å². The third-order valence-electron chi connectivity index (χ3n) is 3.82. The molecule has 0 radical (unpaired) electrons.